The highest BCUT2D eigenvalue weighted by atomic mass is 16.5. The van der Waals surface area contributed by atoms with Gasteiger partial charge in [-0.25, -0.2) is 9.78 Å². The fraction of sp³-hybridized carbons (Fsp3) is 0.458. The number of fused-ring (bicyclic) bond motifs is 1. The third kappa shape index (κ3) is 17.6. The highest BCUT2D eigenvalue weighted by Crippen LogP contribution is 2.20. The smallest absolute Gasteiger partial charge is 0.328 e. The monoisotopic (exact) mass is 986 g/mol. The van der Waals surface area contributed by atoms with Crippen LogP contribution in [0.2, 0.25) is 0 Å². The van der Waals surface area contributed by atoms with Crippen molar-refractivity contribution in [1.82, 2.24) is 52.2 Å². The van der Waals surface area contributed by atoms with Crippen LogP contribution in [0.1, 0.15) is 70.7 Å². The summed E-state index contributed by atoms with van der Waals surface area (Å²) in [6, 6.07) is 4.69. The van der Waals surface area contributed by atoms with E-state index in [0.717, 1.165) is 10.9 Å². The zero-order chi connectivity index (χ0) is 52.4. The van der Waals surface area contributed by atoms with Crippen molar-refractivity contribution in [2.75, 3.05) is 13.7 Å². The van der Waals surface area contributed by atoms with Crippen LogP contribution >= 0.6 is 0 Å². The molecule has 0 fully saturated rings. The number of methoxy groups -OCH3 is 1. The molecule has 0 bridgehead atoms. The largest absolute Gasteiger partial charge is 0.508 e. The van der Waals surface area contributed by atoms with E-state index >= 15 is 0 Å². The van der Waals surface area contributed by atoms with Gasteiger partial charge >= 0.3 is 5.97 Å². The first kappa shape index (κ1) is 55.8. The lowest BCUT2D eigenvalue weighted by Crippen LogP contribution is -2.59. The Bertz CT molecular complexity index is 2470. The molecule has 71 heavy (non-hydrogen) atoms. The van der Waals surface area contributed by atoms with Gasteiger partial charge in [0.25, 0.3) is 0 Å². The lowest BCUT2D eigenvalue weighted by molar-refractivity contribution is -0.146. The van der Waals surface area contributed by atoms with Crippen molar-refractivity contribution in [2.45, 2.75) is 115 Å². The van der Waals surface area contributed by atoms with E-state index in [1.54, 1.807) is 38.2 Å². The predicted molar refractivity (Wildman–Crippen MR) is 259 cm³/mol. The second kappa shape index (κ2) is 26.8. The van der Waals surface area contributed by atoms with Crippen LogP contribution in [0.3, 0.4) is 0 Å². The molecule has 0 saturated carbocycles. The third-order valence-electron chi connectivity index (χ3n) is 11.3. The van der Waals surface area contributed by atoms with E-state index in [1.165, 1.54) is 38.7 Å². The molecule has 0 spiro atoms. The van der Waals surface area contributed by atoms with Gasteiger partial charge in [-0.2, -0.15) is 0 Å². The molecule has 2 heterocycles. The van der Waals surface area contributed by atoms with Gasteiger partial charge in [0.15, 0.2) is 0 Å². The zero-order valence-electron chi connectivity index (χ0n) is 40.6. The summed E-state index contributed by atoms with van der Waals surface area (Å²) in [5.74, 6) is -7.29. The Hall–Kier alpha value is -7.82. The van der Waals surface area contributed by atoms with Gasteiger partial charge in [-0.1, -0.05) is 58.0 Å². The molecule has 0 aliphatic carbocycles. The fourth-order valence-electron chi connectivity index (χ4n) is 7.46. The molecule has 0 saturated heterocycles. The van der Waals surface area contributed by atoms with Gasteiger partial charge in [0.05, 0.1) is 26.0 Å². The summed E-state index contributed by atoms with van der Waals surface area (Å²) in [6.45, 7) is 7.78. The van der Waals surface area contributed by atoms with Crippen molar-refractivity contribution in [1.29, 1.82) is 0 Å². The number of esters is 1. The lowest BCUT2D eigenvalue weighted by Gasteiger charge is -2.26. The minimum atomic E-state index is -1.37. The topological polar surface area (TPSA) is 364 Å². The summed E-state index contributed by atoms with van der Waals surface area (Å²) in [6.07, 6.45) is 4.16. The van der Waals surface area contributed by atoms with E-state index in [0.29, 0.717) is 16.8 Å². The van der Waals surface area contributed by atoms with Gasteiger partial charge < -0.3 is 68.5 Å². The molecule has 4 aromatic rings. The summed E-state index contributed by atoms with van der Waals surface area (Å²) >= 11 is 0. The van der Waals surface area contributed by atoms with E-state index < -0.39 is 108 Å². The summed E-state index contributed by atoms with van der Waals surface area (Å²) in [4.78, 5) is 130. The number of aromatic hydroxyl groups is 1. The van der Waals surface area contributed by atoms with Gasteiger partial charge in [-0.15, -0.1) is 0 Å². The average Bonchev–Trinajstić information content (AvgIpc) is 4.00. The number of primary amides is 1. The first-order chi connectivity index (χ1) is 33.6. The van der Waals surface area contributed by atoms with Crippen molar-refractivity contribution >= 4 is 64.1 Å². The number of nitrogens with one attached hydrogen (secondary N) is 9. The van der Waals surface area contributed by atoms with Gasteiger partial charge in [-0.05, 0) is 67.3 Å². The number of phenolic OH excluding ortho intramolecular Hbond substituents is 1. The molecule has 0 radical (unpaired) electrons. The van der Waals surface area contributed by atoms with E-state index in [9.17, 15) is 48.3 Å². The maximum atomic E-state index is 14.1. The standard InChI is InChI=1S/C48H66N12O11/c1-25(2)17-38(48(70)71-6)59-46(68)37(20-30-22-51-24-54-30)56-40(63)23-53-47(69)41(26(3)4)60-42(64)27(5)55-45(67)36(19-29-21-52-34-10-8-7-9-32(29)34)58-44(66)35(15-16-39(50)62)57-43(65)33(49)18-28-11-13-31(61)14-12-28/h7-14,21-22,24-27,33,35-38,41,52,61H,15-20,23,49H2,1-6H3,(H2,50,62)(H,51,54)(H,53,69)(H,55,67)(H,56,63)(H,57,65)(H,58,66)(H,59,68)(H,60,64)/t27-,33+,35-,36-,37-,38-,41-/m0/s1. The Morgan fingerprint density at radius 3 is 1.97 bits per heavy atom. The van der Waals surface area contributed by atoms with E-state index in [1.807, 2.05) is 32.0 Å². The van der Waals surface area contributed by atoms with Crippen molar-refractivity contribution in [2.24, 2.45) is 23.3 Å². The van der Waals surface area contributed by atoms with Crippen LogP contribution in [0.25, 0.3) is 10.9 Å². The van der Waals surface area contributed by atoms with Crippen molar-refractivity contribution in [3.63, 3.8) is 0 Å². The number of amides is 8. The fourth-order valence-corrected chi connectivity index (χ4v) is 7.46. The predicted octanol–water partition coefficient (Wildman–Crippen LogP) is -0.863. The molecule has 384 valence electrons. The number of nitrogens with zero attached hydrogens (tertiary/aromatic N) is 1. The molecule has 2 aromatic heterocycles. The van der Waals surface area contributed by atoms with Crippen LogP contribution in [0, 0.1) is 11.8 Å². The number of nitrogens with two attached hydrogens (primary N) is 2. The minimum absolute atomic E-state index is 0.0160. The molecule has 4 rings (SSSR count). The average molecular weight is 987 g/mol. The second-order valence-corrected chi connectivity index (χ2v) is 18.0. The highest BCUT2D eigenvalue weighted by molar-refractivity contribution is 5.97. The van der Waals surface area contributed by atoms with Crippen LogP contribution in [0.15, 0.2) is 67.3 Å². The Kier molecular flexibility index (Phi) is 21.1. The Labute approximate surface area is 410 Å². The zero-order valence-corrected chi connectivity index (χ0v) is 40.6. The van der Waals surface area contributed by atoms with Crippen molar-refractivity contribution in [3.8, 4) is 5.75 Å². The lowest BCUT2D eigenvalue weighted by atomic mass is 10.0. The molecule has 7 atom stereocenters. The number of para-hydroxylation sites is 1. The second-order valence-electron chi connectivity index (χ2n) is 18.0. The molecular weight excluding hydrogens is 921 g/mol. The molecule has 23 nitrogen and oxygen atoms in total. The van der Waals surface area contributed by atoms with Gasteiger partial charge in [0, 0.05) is 48.3 Å². The number of rotatable bonds is 27. The molecular formula is C48H66N12O11. The summed E-state index contributed by atoms with van der Waals surface area (Å²) in [5.41, 5.74) is 14.1. The van der Waals surface area contributed by atoms with Crippen molar-refractivity contribution < 1.29 is 53.0 Å². The van der Waals surface area contributed by atoms with Crippen LogP contribution in [-0.2, 0) is 67.2 Å². The Morgan fingerprint density at radius 2 is 1.34 bits per heavy atom. The van der Waals surface area contributed by atoms with E-state index in [2.05, 4.69) is 52.2 Å². The number of imidazole rings is 1. The first-order valence-corrected chi connectivity index (χ1v) is 23.2. The molecule has 8 amide bonds. The SMILES string of the molecule is COC(=O)[C@H](CC(C)C)NC(=O)[C@H](Cc1cnc[nH]1)NC(=O)CNC(=O)[C@@H](NC(=O)[C@H](C)NC(=O)[C@H](Cc1c[nH]c2ccccc12)NC(=O)[C@H](CCC(N)=O)NC(=O)[C@H](N)Cc1ccc(O)cc1)C(C)C. The third-order valence-corrected chi connectivity index (χ3v) is 11.3. The number of carbonyl (C=O) groups is 9. The summed E-state index contributed by atoms with van der Waals surface area (Å²) in [5, 5.41) is 28.5. The van der Waals surface area contributed by atoms with E-state index in [-0.39, 0.29) is 50.2 Å². The number of aromatic nitrogens is 3. The van der Waals surface area contributed by atoms with Gasteiger partial charge in [-0.3, -0.25) is 38.4 Å². The van der Waals surface area contributed by atoms with Gasteiger partial charge in [0.1, 0.15) is 42.0 Å². The Balaban J connectivity index is 1.45. The number of hydrogen-bond donors (Lipinski definition) is 12. The first-order valence-electron chi connectivity index (χ1n) is 23.2. The number of H-pyrrole nitrogens is 2. The van der Waals surface area contributed by atoms with E-state index in [4.69, 9.17) is 16.2 Å². The number of benzene rings is 2. The normalized spacial score (nSPS) is 14.2. The van der Waals surface area contributed by atoms with Crippen LogP contribution in [0.4, 0.5) is 0 Å². The van der Waals surface area contributed by atoms with Crippen molar-refractivity contribution in [3.05, 3.63) is 84.1 Å². The van der Waals surface area contributed by atoms with Gasteiger partial charge in [0.2, 0.25) is 47.3 Å². The number of ether oxygens (including phenoxy) is 1. The molecule has 0 aliphatic rings. The number of carbonyl (C=O) groups excluding carboxylic acids is 9. The Morgan fingerprint density at radius 1 is 0.704 bits per heavy atom. The summed E-state index contributed by atoms with van der Waals surface area (Å²) in [7, 11) is 1.20. The summed E-state index contributed by atoms with van der Waals surface area (Å²) < 4.78 is 4.85. The number of aromatic amines is 2. The number of hydrogen-bond acceptors (Lipinski definition) is 13. The maximum Gasteiger partial charge on any atom is 0.328 e. The van der Waals surface area contributed by atoms with Crippen LogP contribution in [0.5, 0.6) is 5.75 Å². The molecule has 2 aromatic carbocycles. The minimum Gasteiger partial charge on any atom is -0.508 e. The molecule has 0 unspecified atom stereocenters. The number of phenols is 1. The maximum absolute atomic E-state index is 14.1. The van der Waals surface area contributed by atoms with Crippen LogP contribution in [-0.4, -0.2) is 129 Å². The van der Waals surface area contributed by atoms with Crippen LogP contribution < -0.4 is 48.7 Å². The molecule has 23 heteroatoms. The molecule has 14 N–H and O–H groups in total. The highest BCUT2D eigenvalue weighted by Gasteiger charge is 2.33. The quantitative estimate of drug-likeness (QED) is 0.0324. The molecule has 0 aliphatic heterocycles.